The van der Waals surface area contributed by atoms with Gasteiger partial charge in [-0.3, -0.25) is 4.79 Å². The van der Waals surface area contributed by atoms with Crippen LogP contribution in [0.2, 0.25) is 0 Å². The molecule has 98 valence electrons. The van der Waals surface area contributed by atoms with Gasteiger partial charge in [0, 0.05) is 12.5 Å². The average Bonchev–Trinajstić information content (AvgIpc) is 2.95. The highest BCUT2D eigenvalue weighted by molar-refractivity contribution is 7.92. The van der Waals surface area contributed by atoms with Crippen LogP contribution in [0.15, 0.2) is 0 Å². The van der Waals surface area contributed by atoms with Crippen LogP contribution in [0.4, 0.5) is 0 Å². The Labute approximate surface area is 103 Å². The second-order valence-corrected chi connectivity index (χ2v) is 8.73. The van der Waals surface area contributed by atoms with Gasteiger partial charge in [-0.25, -0.2) is 8.42 Å². The Morgan fingerprint density at radius 3 is 2.47 bits per heavy atom. The minimum absolute atomic E-state index is 0.0276. The number of carbonyl (C=O) groups excluding carboxylic acids is 1. The summed E-state index contributed by atoms with van der Waals surface area (Å²) in [5.74, 6) is 0.858. The van der Waals surface area contributed by atoms with Crippen molar-refractivity contribution in [2.75, 3.05) is 5.75 Å². The molecule has 0 bridgehead atoms. The van der Waals surface area contributed by atoms with Crippen molar-refractivity contribution in [3.05, 3.63) is 0 Å². The maximum atomic E-state index is 11.8. The van der Waals surface area contributed by atoms with E-state index in [4.69, 9.17) is 0 Å². The van der Waals surface area contributed by atoms with E-state index < -0.39 is 14.6 Å². The third kappa shape index (κ3) is 3.00. The third-order valence-electron chi connectivity index (χ3n) is 3.85. The Morgan fingerprint density at radius 1 is 1.29 bits per heavy atom. The molecule has 0 aromatic rings. The van der Waals surface area contributed by atoms with E-state index in [1.165, 1.54) is 0 Å². The zero-order chi connectivity index (χ0) is 12.7. The van der Waals surface area contributed by atoms with Gasteiger partial charge in [-0.2, -0.15) is 0 Å². The summed E-state index contributed by atoms with van der Waals surface area (Å²) in [5, 5.41) is 2.98. The van der Waals surface area contributed by atoms with Gasteiger partial charge in [-0.1, -0.05) is 0 Å². The highest BCUT2D eigenvalue weighted by atomic mass is 32.2. The van der Waals surface area contributed by atoms with Crippen LogP contribution < -0.4 is 5.32 Å². The van der Waals surface area contributed by atoms with Crippen molar-refractivity contribution >= 4 is 15.7 Å². The van der Waals surface area contributed by atoms with Crippen molar-refractivity contribution in [1.82, 2.24) is 5.32 Å². The highest BCUT2D eigenvalue weighted by Crippen LogP contribution is 2.33. The van der Waals surface area contributed by atoms with Crippen molar-refractivity contribution in [3.8, 4) is 0 Å². The molecular weight excluding hydrogens is 238 g/mol. The molecule has 0 aromatic heterocycles. The minimum atomic E-state index is -2.99. The number of sulfone groups is 1. The summed E-state index contributed by atoms with van der Waals surface area (Å²) in [6.07, 6.45) is 4.04. The van der Waals surface area contributed by atoms with Crippen molar-refractivity contribution in [3.63, 3.8) is 0 Å². The van der Waals surface area contributed by atoms with E-state index in [-0.39, 0.29) is 17.7 Å². The number of rotatable bonds is 3. The summed E-state index contributed by atoms with van der Waals surface area (Å²) in [5.41, 5.74) is 0. The van der Waals surface area contributed by atoms with Gasteiger partial charge in [0.05, 0.1) is 10.5 Å². The van der Waals surface area contributed by atoms with Gasteiger partial charge < -0.3 is 5.32 Å². The number of hydrogen-bond acceptors (Lipinski definition) is 3. The summed E-state index contributed by atoms with van der Waals surface area (Å²) in [6, 6.07) is 0.0276. The van der Waals surface area contributed by atoms with E-state index in [1.807, 2.05) is 0 Å². The molecule has 5 heteroatoms. The molecule has 1 aliphatic heterocycles. The Balaban J connectivity index is 1.89. The van der Waals surface area contributed by atoms with Crippen molar-refractivity contribution in [2.45, 2.75) is 56.7 Å². The van der Waals surface area contributed by atoms with Gasteiger partial charge in [0.25, 0.3) is 0 Å². The normalized spacial score (nSPS) is 30.8. The lowest BCUT2D eigenvalue weighted by atomic mass is 10.00. The SMILES string of the molecule is CC1(C)CC(NC(=O)CC2CC2)CCS1(=O)=O. The standard InChI is InChI=1S/C12H21NO3S/c1-12(2)8-10(5-6-17(12,15)16)13-11(14)7-9-3-4-9/h9-10H,3-8H2,1-2H3,(H,13,14). The summed E-state index contributed by atoms with van der Waals surface area (Å²) in [6.45, 7) is 3.50. The summed E-state index contributed by atoms with van der Waals surface area (Å²) in [4.78, 5) is 11.7. The quantitative estimate of drug-likeness (QED) is 0.830. The first-order valence-corrected chi connectivity index (χ1v) is 7.97. The van der Waals surface area contributed by atoms with Gasteiger partial charge >= 0.3 is 0 Å². The van der Waals surface area contributed by atoms with Gasteiger partial charge in [-0.05, 0) is 45.4 Å². The molecule has 1 N–H and O–H groups in total. The highest BCUT2D eigenvalue weighted by Gasteiger charge is 2.41. The maximum absolute atomic E-state index is 11.8. The van der Waals surface area contributed by atoms with Crippen LogP contribution in [0.5, 0.6) is 0 Å². The molecule has 4 nitrogen and oxygen atoms in total. The molecule has 1 heterocycles. The van der Waals surface area contributed by atoms with E-state index in [2.05, 4.69) is 5.32 Å². The fourth-order valence-corrected chi connectivity index (χ4v) is 3.99. The van der Waals surface area contributed by atoms with Gasteiger partial charge in [0.2, 0.25) is 5.91 Å². The van der Waals surface area contributed by atoms with Crippen LogP contribution >= 0.6 is 0 Å². The van der Waals surface area contributed by atoms with E-state index >= 15 is 0 Å². The predicted octanol–water partition coefficient (Wildman–Crippen LogP) is 1.26. The van der Waals surface area contributed by atoms with E-state index in [1.54, 1.807) is 13.8 Å². The smallest absolute Gasteiger partial charge is 0.220 e. The number of nitrogens with one attached hydrogen (secondary N) is 1. The molecule has 1 atom stereocenters. The molecule has 0 spiro atoms. The summed E-state index contributed by atoms with van der Waals surface area (Å²) in [7, 11) is -2.99. The first-order valence-electron chi connectivity index (χ1n) is 6.32. The first-order chi connectivity index (χ1) is 7.80. The molecule has 17 heavy (non-hydrogen) atoms. The lowest BCUT2D eigenvalue weighted by Gasteiger charge is -2.35. The van der Waals surface area contributed by atoms with Gasteiger partial charge in [-0.15, -0.1) is 0 Å². The molecule has 1 unspecified atom stereocenters. The molecule has 0 radical (unpaired) electrons. The van der Waals surface area contributed by atoms with Crippen molar-refractivity contribution in [1.29, 1.82) is 0 Å². The fourth-order valence-electron chi connectivity index (χ4n) is 2.39. The summed E-state index contributed by atoms with van der Waals surface area (Å²) >= 11 is 0. The Hall–Kier alpha value is -0.580. The van der Waals surface area contributed by atoms with Crippen LogP contribution in [-0.4, -0.2) is 30.9 Å². The lowest BCUT2D eigenvalue weighted by molar-refractivity contribution is -0.122. The lowest BCUT2D eigenvalue weighted by Crippen LogP contribution is -2.49. The Bertz CT molecular complexity index is 409. The summed E-state index contributed by atoms with van der Waals surface area (Å²) < 4.78 is 22.9. The number of hydrogen-bond donors (Lipinski definition) is 1. The molecule has 2 aliphatic rings. The molecule has 1 saturated heterocycles. The average molecular weight is 259 g/mol. The van der Waals surface area contributed by atoms with Crippen LogP contribution in [0.1, 0.15) is 46.0 Å². The van der Waals surface area contributed by atoms with Crippen molar-refractivity contribution < 1.29 is 13.2 Å². The van der Waals surface area contributed by atoms with Crippen LogP contribution in [0.25, 0.3) is 0 Å². The molecule has 1 amide bonds. The zero-order valence-corrected chi connectivity index (χ0v) is 11.3. The maximum Gasteiger partial charge on any atom is 0.220 e. The van der Waals surface area contributed by atoms with Crippen LogP contribution in [-0.2, 0) is 14.6 Å². The largest absolute Gasteiger partial charge is 0.353 e. The van der Waals surface area contributed by atoms with E-state index in [0.29, 0.717) is 25.2 Å². The van der Waals surface area contributed by atoms with Crippen LogP contribution in [0, 0.1) is 5.92 Å². The molecule has 1 aliphatic carbocycles. The topological polar surface area (TPSA) is 63.2 Å². The Morgan fingerprint density at radius 2 is 1.94 bits per heavy atom. The minimum Gasteiger partial charge on any atom is -0.353 e. The Kier molecular flexibility index (Phi) is 3.23. The monoisotopic (exact) mass is 259 g/mol. The second kappa shape index (κ2) is 4.26. The van der Waals surface area contributed by atoms with Gasteiger partial charge in [0.1, 0.15) is 0 Å². The van der Waals surface area contributed by atoms with E-state index in [0.717, 1.165) is 12.8 Å². The van der Waals surface area contributed by atoms with Gasteiger partial charge in [0.15, 0.2) is 9.84 Å². The second-order valence-electron chi connectivity index (χ2n) is 5.98. The zero-order valence-electron chi connectivity index (χ0n) is 10.5. The molecule has 2 fully saturated rings. The van der Waals surface area contributed by atoms with E-state index in [9.17, 15) is 13.2 Å². The molecule has 2 rings (SSSR count). The fraction of sp³-hybridized carbons (Fsp3) is 0.917. The number of carbonyl (C=O) groups is 1. The molecule has 0 aromatic carbocycles. The first kappa shape index (κ1) is 12.9. The van der Waals surface area contributed by atoms with Crippen LogP contribution in [0.3, 0.4) is 0 Å². The number of amides is 1. The predicted molar refractivity (Wildman–Crippen MR) is 66.4 cm³/mol. The molecule has 1 saturated carbocycles. The molecular formula is C12H21NO3S. The third-order valence-corrected chi connectivity index (χ3v) is 6.47. The van der Waals surface area contributed by atoms with Crippen molar-refractivity contribution in [2.24, 2.45) is 5.92 Å².